The molecular formula is C22H17ClN2O3S3. The fraction of sp³-hybridized carbons (Fsp3) is 0.0455. The zero-order chi connectivity index (χ0) is 22.0. The molecule has 0 aliphatic carbocycles. The molecule has 158 valence electrons. The van der Waals surface area contributed by atoms with Gasteiger partial charge in [0.05, 0.1) is 10.6 Å². The van der Waals surface area contributed by atoms with Crippen molar-refractivity contribution in [1.82, 2.24) is 0 Å². The Morgan fingerprint density at radius 1 is 0.968 bits per heavy atom. The smallest absolute Gasteiger partial charge is 0.267 e. The highest BCUT2D eigenvalue weighted by Crippen LogP contribution is 2.38. The number of amides is 1. The second-order valence-corrected chi connectivity index (χ2v) is 10.8. The van der Waals surface area contributed by atoms with Crippen molar-refractivity contribution >= 4 is 61.6 Å². The zero-order valence-electron chi connectivity index (χ0n) is 16.3. The molecule has 0 radical (unpaired) electrons. The molecule has 2 N–H and O–H groups in total. The normalized spacial score (nSPS) is 11.3. The molecular weight excluding hydrogens is 472 g/mol. The standard InChI is InChI=1S/C22H17ClN2O3S3/c1-14-6-2-3-10-20(14)31(27,28)25-17-13-19(18-9-5-11-29-18)30-21(17)22(26)24-16-8-4-7-15(23)12-16/h2-13,25H,1H3,(H,24,26). The van der Waals surface area contributed by atoms with Gasteiger partial charge in [-0.3, -0.25) is 9.52 Å². The van der Waals surface area contributed by atoms with Crippen LogP contribution in [0.3, 0.4) is 0 Å². The molecule has 2 heterocycles. The lowest BCUT2D eigenvalue weighted by atomic mass is 10.2. The van der Waals surface area contributed by atoms with Crippen LogP contribution in [-0.2, 0) is 10.0 Å². The summed E-state index contributed by atoms with van der Waals surface area (Å²) >= 11 is 8.75. The maximum absolute atomic E-state index is 13.0. The van der Waals surface area contributed by atoms with Gasteiger partial charge in [-0.25, -0.2) is 8.42 Å². The predicted molar refractivity (Wildman–Crippen MR) is 129 cm³/mol. The van der Waals surface area contributed by atoms with Crippen LogP contribution in [-0.4, -0.2) is 14.3 Å². The molecule has 0 saturated carbocycles. The van der Waals surface area contributed by atoms with E-state index in [1.165, 1.54) is 28.7 Å². The van der Waals surface area contributed by atoms with Gasteiger partial charge >= 0.3 is 0 Å². The fourth-order valence-electron chi connectivity index (χ4n) is 2.99. The van der Waals surface area contributed by atoms with Gasteiger partial charge in [-0.05, 0) is 54.3 Å². The van der Waals surface area contributed by atoms with Crippen LogP contribution in [0.5, 0.6) is 0 Å². The molecule has 0 spiro atoms. The SMILES string of the molecule is Cc1ccccc1S(=O)(=O)Nc1cc(-c2cccs2)sc1C(=O)Nc1cccc(Cl)c1. The molecule has 5 nitrogen and oxygen atoms in total. The Morgan fingerprint density at radius 2 is 1.77 bits per heavy atom. The Balaban J connectivity index is 1.72. The van der Waals surface area contributed by atoms with Crippen molar-refractivity contribution in [3.8, 4) is 9.75 Å². The van der Waals surface area contributed by atoms with Crippen LogP contribution < -0.4 is 10.0 Å². The van der Waals surface area contributed by atoms with Crippen LogP contribution in [0.4, 0.5) is 11.4 Å². The van der Waals surface area contributed by atoms with Crippen molar-refractivity contribution in [1.29, 1.82) is 0 Å². The topological polar surface area (TPSA) is 75.3 Å². The molecule has 4 rings (SSSR count). The molecule has 0 atom stereocenters. The van der Waals surface area contributed by atoms with Crippen molar-refractivity contribution < 1.29 is 13.2 Å². The zero-order valence-corrected chi connectivity index (χ0v) is 19.5. The molecule has 1 amide bonds. The molecule has 0 fully saturated rings. The predicted octanol–water partition coefficient (Wildman–Crippen LogP) is 6.49. The maximum Gasteiger partial charge on any atom is 0.267 e. The summed E-state index contributed by atoms with van der Waals surface area (Å²) in [7, 11) is -3.88. The summed E-state index contributed by atoms with van der Waals surface area (Å²) in [5.41, 5.74) is 1.38. The van der Waals surface area contributed by atoms with Gasteiger partial charge in [0.2, 0.25) is 0 Å². The lowest BCUT2D eigenvalue weighted by molar-refractivity contribution is 0.103. The van der Waals surface area contributed by atoms with Crippen LogP contribution >= 0.6 is 34.3 Å². The molecule has 2 aromatic heterocycles. The summed E-state index contributed by atoms with van der Waals surface area (Å²) in [6.45, 7) is 1.73. The van der Waals surface area contributed by atoms with E-state index < -0.39 is 15.9 Å². The summed E-state index contributed by atoms with van der Waals surface area (Å²) in [4.78, 5) is 15.2. The number of hydrogen-bond acceptors (Lipinski definition) is 5. The number of carbonyl (C=O) groups is 1. The van der Waals surface area contributed by atoms with Gasteiger partial charge < -0.3 is 5.32 Å². The van der Waals surface area contributed by atoms with Gasteiger partial charge in [0.15, 0.2) is 0 Å². The monoisotopic (exact) mass is 488 g/mol. The second-order valence-electron chi connectivity index (χ2n) is 6.67. The van der Waals surface area contributed by atoms with Gasteiger partial charge in [-0.15, -0.1) is 22.7 Å². The van der Waals surface area contributed by atoms with Crippen LogP contribution in [0.25, 0.3) is 9.75 Å². The molecule has 0 unspecified atom stereocenters. The summed E-state index contributed by atoms with van der Waals surface area (Å²) in [5.74, 6) is -0.419. The Kier molecular flexibility index (Phi) is 6.15. The number of hydrogen-bond donors (Lipinski definition) is 2. The molecule has 0 aliphatic heterocycles. The average molecular weight is 489 g/mol. The summed E-state index contributed by atoms with van der Waals surface area (Å²) in [6.07, 6.45) is 0. The van der Waals surface area contributed by atoms with Gasteiger partial charge in [0.25, 0.3) is 15.9 Å². The average Bonchev–Trinajstić information content (AvgIpc) is 3.38. The second kappa shape index (κ2) is 8.84. The van der Waals surface area contributed by atoms with Crippen LogP contribution in [0.2, 0.25) is 5.02 Å². The Labute approximate surface area is 193 Å². The molecule has 0 bridgehead atoms. The third-order valence-corrected chi connectivity index (χ3v) is 8.37. The summed E-state index contributed by atoms with van der Waals surface area (Å²) < 4.78 is 28.7. The largest absolute Gasteiger partial charge is 0.321 e. The number of sulfonamides is 1. The van der Waals surface area contributed by atoms with E-state index in [1.54, 1.807) is 55.5 Å². The Hall–Kier alpha value is -2.65. The molecule has 9 heteroatoms. The van der Waals surface area contributed by atoms with E-state index in [9.17, 15) is 13.2 Å². The molecule has 31 heavy (non-hydrogen) atoms. The van der Waals surface area contributed by atoms with Crippen molar-refractivity contribution in [2.24, 2.45) is 0 Å². The summed E-state index contributed by atoms with van der Waals surface area (Å²) in [6, 6.07) is 19.0. The first-order valence-electron chi connectivity index (χ1n) is 9.16. The van der Waals surface area contributed by atoms with Gasteiger partial charge in [0.1, 0.15) is 4.88 Å². The van der Waals surface area contributed by atoms with E-state index in [-0.39, 0.29) is 15.5 Å². The van der Waals surface area contributed by atoms with Gasteiger partial charge in [-0.2, -0.15) is 0 Å². The third-order valence-electron chi connectivity index (χ3n) is 4.41. The highest BCUT2D eigenvalue weighted by atomic mass is 35.5. The lowest BCUT2D eigenvalue weighted by Crippen LogP contribution is -2.17. The molecule has 0 aliphatic rings. The molecule has 2 aromatic carbocycles. The number of rotatable bonds is 6. The van der Waals surface area contributed by atoms with Crippen molar-refractivity contribution in [3.63, 3.8) is 0 Å². The lowest BCUT2D eigenvalue weighted by Gasteiger charge is -2.11. The van der Waals surface area contributed by atoms with Crippen molar-refractivity contribution in [2.45, 2.75) is 11.8 Å². The Bertz CT molecular complexity index is 1350. The van der Waals surface area contributed by atoms with Crippen LogP contribution in [0.1, 0.15) is 15.2 Å². The number of benzene rings is 2. The maximum atomic E-state index is 13.0. The third kappa shape index (κ3) is 4.83. The summed E-state index contributed by atoms with van der Waals surface area (Å²) in [5, 5.41) is 5.21. The first kappa shape index (κ1) is 21.6. The quantitative estimate of drug-likeness (QED) is 0.325. The van der Waals surface area contributed by atoms with E-state index in [1.807, 2.05) is 17.5 Å². The number of carbonyl (C=O) groups excluding carboxylic acids is 1. The van der Waals surface area contributed by atoms with E-state index >= 15 is 0 Å². The van der Waals surface area contributed by atoms with Gasteiger partial charge in [-0.1, -0.05) is 41.9 Å². The number of nitrogens with one attached hydrogen (secondary N) is 2. The van der Waals surface area contributed by atoms with Crippen LogP contribution in [0, 0.1) is 6.92 Å². The van der Waals surface area contributed by atoms with Gasteiger partial charge in [0, 0.05) is 20.5 Å². The van der Waals surface area contributed by atoms with E-state index in [4.69, 9.17) is 11.6 Å². The highest BCUT2D eigenvalue weighted by Gasteiger charge is 2.24. The molecule has 0 saturated heterocycles. The number of thiophene rings is 2. The van der Waals surface area contributed by atoms with E-state index in [0.717, 1.165) is 9.75 Å². The first-order chi connectivity index (χ1) is 14.8. The van der Waals surface area contributed by atoms with Crippen molar-refractivity contribution in [2.75, 3.05) is 10.0 Å². The van der Waals surface area contributed by atoms with Crippen molar-refractivity contribution in [3.05, 3.63) is 87.6 Å². The van der Waals surface area contributed by atoms with Crippen LogP contribution in [0.15, 0.2) is 77.0 Å². The Morgan fingerprint density at radius 3 is 2.48 bits per heavy atom. The number of anilines is 2. The van der Waals surface area contributed by atoms with E-state index in [2.05, 4.69) is 10.0 Å². The minimum atomic E-state index is -3.88. The number of halogens is 1. The minimum Gasteiger partial charge on any atom is -0.321 e. The number of aryl methyl sites for hydroxylation is 1. The first-order valence-corrected chi connectivity index (χ1v) is 12.7. The minimum absolute atomic E-state index is 0.167. The van der Waals surface area contributed by atoms with E-state index in [0.29, 0.717) is 16.3 Å². The highest BCUT2D eigenvalue weighted by molar-refractivity contribution is 7.92. The fourth-order valence-corrected chi connectivity index (χ4v) is 6.39. The molecule has 4 aromatic rings.